The van der Waals surface area contributed by atoms with Crippen molar-refractivity contribution in [2.45, 2.75) is 48.8 Å². The second kappa shape index (κ2) is 6.52. The molecule has 1 heterocycles. The number of nitrogens with two attached hydrogens (primary N) is 1. The number of nitrogens with zero attached hydrogens (tertiary/aromatic N) is 2. The van der Waals surface area contributed by atoms with E-state index >= 15 is 0 Å². The van der Waals surface area contributed by atoms with E-state index in [0.717, 1.165) is 16.3 Å². The molecule has 3 rings (SSSR count). The molecule has 0 amide bonds. The van der Waals surface area contributed by atoms with Crippen LogP contribution in [-0.2, 0) is 5.75 Å². The Morgan fingerprint density at radius 1 is 1.24 bits per heavy atom. The maximum Gasteiger partial charge on any atom is 0.126 e. The van der Waals surface area contributed by atoms with Gasteiger partial charge in [-0.3, -0.25) is 4.68 Å². The number of rotatable bonds is 4. The van der Waals surface area contributed by atoms with Crippen LogP contribution in [0.3, 0.4) is 0 Å². The van der Waals surface area contributed by atoms with Gasteiger partial charge >= 0.3 is 0 Å². The Morgan fingerprint density at radius 3 is 2.81 bits per heavy atom. The minimum Gasteiger partial charge on any atom is -0.399 e. The van der Waals surface area contributed by atoms with Gasteiger partial charge < -0.3 is 5.73 Å². The number of halogens is 1. The topological polar surface area (TPSA) is 43.8 Å². The molecule has 0 atom stereocenters. The smallest absolute Gasteiger partial charge is 0.126 e. The Hall–Kier alpha value is -1.49. The van der Waals surface area contributed by atoms with E-state index in [4.69, 9.17) is 5.73 Å². The summed E-state index contributed by atoms with van der Waals surface area (Å²) in [5.41, 5.74) is 7.16. The molecule has 2 aromatic rings. The van der Waals surface area contributed by atoms with Crippen molar-refractivity contribution in [2.24, 2.45) is 0 Å². The standard InChI is InChI=1S/C16H20FN3S/c17-12-8-13(18)10-16(9-12)21-11-14-6-7-20(19-14)15-4-2-1-3-5-15/h6-10,15H,1-5,11,18H2. The molecular formula is C16H20FN3S. The van der Waals surface area contributed by atoms with Gasteiger partial charge in [0.1, 0.15) is 5.82 Å². The zero-order valence-corrected chi connectivity index (χ0v) is 12.8. The zero-order chi connectivity index (χ0) is 14.7. The lowest BCUT2D eigenvalue weighted by Crippen LogP contribution is -2.13. The molecule has 1 saturated carbocycles. The lowest BCUT2D eigenvalue weighted by Gasteiger charge is -2.21. The molecule has 1 aromatic carbocycles. The average Bonchev–Trinajstić information content (AvgIpc) is 2.94. The molecular weight excluding hydrogens is 285 g/mol. The average molecular weight is 305 g/mol. The van der Waals surface area contributed by atoms with Crippen molar-refractivity contribution in [3.05, 3.63) is 42.0 Å². The number of hydrogen-bond acceptors (Lipinski definition) is 3. The van der Waals surface area contributed by atoms with E-state index in [1.165, 1.54) is 44.2 Å². The van der Waals surface area contributed by atoms with Crippen LogP contribution in [0.15, 0.2) is 35.4 Å². The summed E-state index contributed by atoms with van der Waals surface area (Å²) in [5.74, 6) is 0.452. The van der Waals surface area contributed by atoms with Gasteiger partial charge in [-0.2, -0.15) is 5.10 Å². The minimum atomic E-state index is -0.287. The summed E-state index contributed by atoms with van der Waals surface area (Å²) in [6.45, 7) is 0. The number of hydrogen-bond donors (Lipinski definition) is 1. The van der Waals surface area contributed by atoms with Gasteiger partial charge in [-0.05, 0) is 37.1 Å². The number of thioether (sulfide) groups is 1. The maximum absolute atomic E-state index is 13.3. The fourth-order valence-corrected chi connectivity index (χ4v) is 3.71. The molecule has 1 aromatic heterocycles. The van der Waals surface area contributed by atoms with Crippen molar-refractivity contribution in [1.82, 2.24) is 9.78 Å². The molecule has 2 N–H and O–H groups in total. The van der Waals surface area contributed by atoms with Crippen LogP contribution >= 0.6 is 11.8 Å². The van der Waals surface area contributed by atoms with Crippen LogP contribution in [0.5, 0.6) is 0 Å². The van der Waals surface area contributed by atoms with Crippen LogP contribution in [0.1, 0.15) is 43.8 Å². The first kappa shape index (κ1) is 14.4. The minimum absolute atomic E-state index is 0.287. The molecule has 0 radical (unpaired) electrons. The van der Waals surface area contributed by atoms with Gasteiger partial charge in [0.05, 0.1) is 11.7 Å². The first-order chi connectivity index (χ1) is 10.2. The van der Waals surface area contributed by atoms with Gasteiger partial charge in [-0.15, -0.1) is 11.8 Å². The second-order valence-corrected chi connectivity index (χ2v) is 6.64. The first-order valence-corrected chi connectivity index (χ1v) is 8.42. The van der Waals surface area contributed by atoms with E-state index in [1.807, 2.05) is 0 Å². The highest BCUT2D eigenvalue weighted by Crippen LogP contribution is 2.29. The Balaban J connectivity index is 1.61. The van der Waals surface area contributed by atoms with E-state index in [-0.39, 0.29) is 5.82 Å². The molecule has 0 bridgehead atoms. The predicted molar refractivity (Wildman–Crippen MR) is 84.7 cm³/mol. The molecule has 5 heteroatoms. The van der Waals surface area contributed by atoms with Crippen molar-refractivity contribution in [2.75, 3.05) is 5.73 Å². The van der Waals surface area contributed by atoms with E-state index < -0.39 is 0 Å². The first-order valence-electron chi connectivity index (χ1n) is 7.43. The summed E-state index contributed by atoms with van der Waals surface area (Å²) in [5, 5.41) is 4.66. The van der Waals surface area contributed by atoms with E-state index in [2.05, 4.69) is 22.0 Å². The third-order valence-electron chi connectivity index (χ3n) is 3.89. The van der Waals surface area contributed by atoms with E-state index in [1.54, 1.807) is 17.8 Å². The van der Waals surface area contributed by atoms with Crippen LogP contribution in [0, 0.1) is 5.82 Å². The molecule has 0 unspecified atom stereocenters. The normalized spacial score (nSPS) is 16.2. The third kappa shape index (κ3) is 3.79. The number of nitrogen functional groups attached to an aromatic ring is 1. The van der Waals surface area contributed by atoms with Gasteiger partial charge in [0.15, 0.2) is 0 Å². The molecule has 0 saturated heterocycles. The van der Waals surface area contributed by atoms with Crippen LogP contribution in [0.4, 0.5) is 10.1 Å². The Labute approximate surface area is 128 Å². The van der Waals surface area contributed by atoms with Crippen molar-refractivity contribution < 1.29 is 4.39 Å². The fraction of sp³-hybridized carbons (Fsp3) is 0.438. The molecule has 1 aliphatic carbocycles. The quantitative estimate of drug-likeness (QED) is 0.672. The summed E-state index contributed by atoms with van der Waals surface area (Å²) < 4.78 is 15.4. The van der Waals surface area contributed by atoms with Crippen molar-refractivity contribution >= 4 is 17.4 Å². The second-order valence-electron chi connectivity index (χ2n) is 5.59. The Bertz CT molecular complexity index is 585. The van der Waals surface area contributed by atoms with E-state index in [0.29, 0.717) is 11.7 Å². The highest BCUT2D eigenvalue weighted by molar-refractivity contribution is 7.98. The van der Waals surface area contributed by atoms with Crippen molar-refractivity contribution in [3.8, 4) is 0 Å². The van der Waals surface area contributed by atoms with Crippen molar-refractivity contribution in [3.63, 3.8) is 0 Å². The molecule has 112 valence electrons. The molecule has 3 nitrogen and oxygen atoms in total. The largest absolute Gasteiger partial charge is 0.399 e. The summed E-state index contributed by atoms with van der Waals surface area (Å²) in [6.07, 6.45) is 8.49. The van der Waals surface area contributed by atoms with E-state index in [9.17, 15) is 4.39 Å². The highest BCUT2D eigenvalue weighted by atomic mass is 32.2. The highest BCUT2D eigenvalue weighted by Gasteiger charge is 2.16. The summed E-state index contributed by atoms with van der Waals surface area (Å²) in [7, 11) is 0. The monoisotopic (exact) mass is 305 g/mol. The SMILES string of the molecule is Nc1cc(F)cc(SCc2ccn(C3CCCCC3)n2)c1. The van der Waals surface area contributed by atoms with Crippen LogP contribution < -0.4 is 5.73 Å². The molecule has 1 aliphatic rings. The number of anilines is 1. The lowest BCUT2D eigenvalue weighted by molar-refractivity contribution is 0.328. The van der Waals surface area contributed by atoms with Crippen LogP contribution in [-0.4, -0.2) is 9.78 Å². The maximum atomic E-state index is 13.3. The molecule has 1 fully saturated rings. The predicted octanol–water partition coefficient (Wildman–Crippen LogP) is 4.40. The van der Waals surface area contributed by atoms with Crippen LogP contribution in [0.2, 0.25) is 0 Å². The Morgan fingerprint density at radius 2 is 2.05 bits per heavy atom. The number of aromatic nitrogens is 2. The van der Waals surface area contributed by atoms with Crippen LogP contribution in [0.25, 0.3) is 0 Å². The van der Waals surface area contributed by atoms with Crippen molar-refractivity contribution in [1.29, 1.82) is 0 Å². The van der Waals surface area contributed by atoms with Gasteiger partial charge in [0.25, 0.3) is 0 Å². The van der Waals surface area contributed by atoms with Gasteiger partial charge in [0, 0.05) is 22.5 Å². The molecule has 0 spiro atoms. The summed E-state index contributed by atoms with van der Waals surface area (Å²) in [4.78, 5) is 0.847. The third-order valence-corrected chi connectivity index (χ3v) is 4.90. The summed E-state index contributed by atoms with van der Waals surface area (Å²) >= 11 is 1.57. The molecule has 0 aliphatic heterocycles. The molecule has 21 heavy (non-hydrogen) atoms. The number of benzene rings is 1. The van der Waals surface area contributed by atoms with Gasteiger partial charge in [-0.1, -0.05) is 19.3 Å². The van der Waals surface area contributed by atoms with Gasteiger partial charge in [0.2, 0.25) is 0 Å². The summed E-state index contributed by atoms with van der Waals surface area (Å²) in [6, 6.07) is 7.26. The zero-order valence-electron chi connectivity index (χ0n) is 12.0. The lowest BCUT2D eigenvalue weighted by atomic mass is 9.96. The Kier molecular flexibility index (Phi) is 4.48. The van der Waals surface area contributed by atoms with Gasteiger partial charge in [-0.25, -0.2) is 4.39 Å². The fourth-order valence-electron chi connectivity index (χ4n) is 2.83.